The van der Waals surface area contributed by atoms with Crippen molar-refractivity contribution < 1.29 is 19.1 Å². The highest BCUT2D eigenvalue weighted by Gasteiger charge is 2.24. The highest BCUT2D eigenvalue weighted by molar-refractivity contribution is 6.34. The lowest BCUT2D eigenvalue weighted by Crippen LogP contribution is -2.17. The molecule has 3 rings (SSSR count). The SMILES string of the molecule is CCCCCCCCCCCCCCOC(=O)CCOC(=O)Nc1cc(-c2nc3c(Cl)c(C(C)(C)C)[nH]n3n2)ccc1C. The van der Waals surface area contributed by atoms with Crippen molar-refractivity contribution in [2.24, 2.45) is 0 Å². The Balaban J connectivity index is 1.32. The number of nitrogens with zero attached hydrogens (tertiary/aromatic N) is 3. The summed E-state index contributed by atoms with van der Waals surface area (Å²) in [5, 5.41) is 11.0. The van der Waals surface area contributed by atoms with E-state index in [4.69, 9.17) is 21.1 Å². The molecule has 0 saturated heterocycles. The average Bonchev–Trinajstić information content (AvgIpc) is 3.52. The van der Waals surface area contributed by atoms with Crippen molar-refractivity contribution >= 4 is 35.0 Å². The second-order valence-corrected chi connectivity index (χ2v) is 12.7. The zero-order chi connectivity index (χ0) is 31.2. The summed E-state index contributed by atoms with van der Waals surface area (Å²) in [5.74, 6) is 0.116. The molecule has 1 amide bonds. The molecule has 0 saturated carbocycles. The fourth-order valence-corrected chi connectivity index (χ4v) is 5.34. The molecule has 238 valence electrons. The number of H-pyrrole nitrogens is 1. The predicted molar refractivity (Wildman–Crippen MR) is 173 cm³/mol. The monoisotopic (exact) mass is 615 g/mol. The molecular weight excluding hydrogens is 566 g/mol. The quantitative estimate of drug-likeness (QED) is 0.109. The highest BCUT2D eigenvalue weighted by atomic mass is 35.5. The highest BCUT2D eigenvalue weighted by Crippen LogP contribution is 2.32. The minimum absolute atomic E-state index is 0.0205. The van der Waals surface area contributed by atoms with Crippen molar-refractivity contribution in [3.63, 3.8) is 0 Å². The summed E-state index contributed by atoms with van der Waals surface area (Å²) in [7, 11) is 0. The molecule has 9 nitrogen and oxygen atoms in total. The Morgan fingerprint density at radius 1 is 0.930 bits per heavy atom. The number of unbranched alkanes of at least 4 members (excludes halogenated alkanes) is 11. The van der Waals surface area contributed by atoms with Gasteiger partial charge in [-0.25, -0.2) is 9.78 Å². The Morgan fingerprint density at radius 2 is 1.56 bits per heavy atom. The standard InChI is InChI=1S/C33H50ClN5O4/c1-6-7-8-9-10-11-12-13-14-15-16-17-21-42-27(40)20-22-43-32(41)35-26-23-25(19-18-24(26)2)30-36-31-28(34)29(33(3,4)5)37-39(31)38-30/h18-19,23,37H,6-17,20-22H2,1-5H3,(H,35,41). The van der Waals surface area contributed by atoms with Gasteiger partial charge in [-0.15, -0.1) is 5.10 Å². The van der Waals surface area contributed by atoms with Gasteiger partial charge >= 0.3 is 12.1 Å². The van der Waals surface area contributed by atoms with E-state index in [1.807, 2.05) is 19.1 Å². The number of aromatic amines is 1. The van der Waals surface area contributed by atoms with Gasteiger partial charge in [-0.2, -0.15) is 4.63 Å². The first-order valence-electron chi connectivity index (χ1n) is 15.9. The third-order valence-electron chi connectivity index (χ3n) is 7.52. The van der Waals surface area contributed by atoms with Gasteiger partial charge in [0.2, 0.25) is 0 Å². The summed E-state index contributed by atoms with van der Waals surface area (Å²) in [6.45, 7) is 10.7. The van der Waals surface area contributed by atoms with E-state index in [1.54, 1.807) is 10.7 Å². The van der Waals surface area contributed by atoms with E-state index in [0.29, 0.717) is 34.4 Å². The van der Waals surface area contributed by atoms with E-state index < -0.39 is 6.09 Å². The van der Waals surface area contributed by atoms with Gasteiger partial charge in [0.25, 0.3) is 0 Å². The van der Waals surface area contributed by atoms with Gasteiger partial charge in [0, 0.05) is 16.7 Å². The summed E-state index contributed by atoms with van der Waals surface area (Å²) in [4.78, 5) is 29.0. The molecule has 0 fully saturated rings. The molecule has 2 heterocycles. The van der Waals surface area contributed by atoms with Crippen LogP contribution < -0.4 is 5.32 Å². The van der Waals surface area contributed by atoms with E-state index in [9.17, 15) is 9.59 Å². The van der Waals surface area contributed by atoms with Gasteiger partial charge in [-0.1, -0.05) is 122 Å². The molecule has 0 aliphatic carbocycles. The summed E-state index contributed by atoms with van der Waals surface area (Å²) in [6.07, 6.45) is 14.5. The summed E-state index contributed by atoms with van der Waals surface area (Å²) >= 11 is 6.56. The van der Waals surface area contributed by atoms with Crippen LogP contribution in [-0.2, 0) is 19.7 Å². The lowest BCUT2D eigenvalue weighted by atomic mass is 9.92. The number of fused-ring (bicyclic) bond motifs is 1. The number of amides is 1. The van der Waals surface area contributed by atoms with Gasteiger partial charge in [0.05, 0.1) is 18.7 Å². The third kappa shape index (κ3) is 11.2. The van der Waals surface area contributed by atoms with Gasteiger partial charge in [-0.3, -0.25) is 15.2 Å². The molecule has 2 N–H and O–H groups in total. The minimum atomic E-state index is -0.642. The number of aromatic nitrogens is 4. The van der Waals surface area contributed by atoms with Gasteiger partial charge in [-0.05, 0) is 25.0 Å². The van der Waals surface area contributed by atoms with E-state index in [-0.39, 0.29) is 24.4 Å². The number of carbonyl (C=O) groups is 2. The van der Waals surface area contributed by atoms with Crippen LogP contribution in [0.1, 0.15) is 122 Å². The van der Waals surface area contributed by atoms with Crippen LogP contribution in [0.15, 0.2) is 18.2 Å². The second kappa shape index (κ2) is 17.3. The fourth-order valence-electron chi connectivity index (χ4n) is 4.89. The normalized spacial score (nSPS) is 11.7. The first-order valence-corrected chi connectivity index (χ1v) is 16.3. The van der Waals surface area contributed by atoms with Crippen LogP contribution in [-0.4, -0.2) is 45.1 Å². The van der Waals surface area contributed by atoms with Crippen LogP contribution in [0, 0.1) is 6.92 Å². The van der Waals surface area contributed by atoms with Crippen molar-refractivity contribution in [1.29, 1.82) is 0 Å². The molecule has 1 aromatic carbocycles. The molecule has 10 heteroatoms. The number of aryl methyl sites for hydroxylation is 1. The summed E-state index contributed by atoms with van der Waals surface area (Å²) in [5.41, 5.74) is 3.36. The second-order valence-electron chi connectivity index (χ2n) is 12.4. The number of halogens is 1. The lowest BCUT2D eigenvalue weighted by Gasteiger charge is -2.16. The number of esters is 1. The van der Waals surface area contributed by atoms with E-state index in [1.165, 1.54) is 64.2 Å². The van der Waals surface area contributed by atoms with Crippen LogP contribution in [0.2, 0.25) is 5.02 Å². The summed E-state index contributed by atoms with van der Waals surface area (Å²) < 4.78 is 12.1. The molecule has 0 atom stereocenters. The van der Waals surface area contributed by atoms with Crippen LogP contribution in [0.4, 0.5) is 10.5 Å². The van der Waals surface area contributed by atoms with Crippen molar-refractivity contribution in [1.82, 2.24) is 19.8 Å². The predicted octanol–water partition coefficient (Wildman–Crippen LogP) is 9.17. The number of anilines is 1. The largest absolute Gasteiger partial charge is 0.466 e. The zero-order valence-corrected chi connectivity index (χ0v) is 27.4. The molecule has 0 radical (unpaired) electrons. The number of carbonyl (C=O) groups excluding carboxylic acids is 2. The van der Waals surface area contributed by atoms with Crippen LogP contribution in [0.25, 0.3) is 17.0 Å². The maximum absolute atomic E-state index is 12.4. The van der Waals surface area contributed by atoms with E-state index in [2.05, 4.69) is 48.2 Å². The molecule has 0 aliphatic heterocycles. The molecule has 43 heavy (non-hydrogen) atoms. The molecular formula is C33H50ClN5O4. The van der Waals surface area contributed by atoms with Crippen molar-refractivity contribution in [3.8, 4) is 11.4 Å². The van der Waals surface area contributed by atoms with Gasteiger partial charge in [0.1, 0.15) is 11.6 Å². The Bertz CT molecular complexity index is 1310. The molecule has 0 bridgehead atoms. The number of rotatable bonds is 18. The van der Waals surface area contributed by atoms with Crippen LogP contribution in [0.5, 0.6) is 0 Å². The van der Waals surface area contributed by atoms with Crippen LogP contribution >= 0.6 is 11.6 Å². The Labute approximate surface area is 261 Å². The fraction of sp³-hybridized carbons (Fsp3) is 0.636. The first-order chi connectivity index (χ1) is 20.6. The van der Waals surface area contributed by atoms with Crippen molar-refractivity contribution in [2.75, 3.05) is 18.5 Å². The topological polar surface area (TPSA) is 111 Å². The molecule has 0 unspecified atom stereocenters. The number of benzene rings is 1. The Hall–Kier alpha value is -3.07. The number of nitrogens with one attached hydrogen (secondary N) is 2. The van der Waals surface area contributed by atoms with E-state index in [0.717, 1.165) is 24.1 Å². The van der Waals surface area contributed by atoms with Gasteiger partial charge < -0.3 is 9.47 Å². The smallest absolute Gasteiger partial charge is 0.411 e. The first kappa shape index (κ1) is 34.4. The lowest BCUT2D eigenvalue weighted by molar-refractivity contribution is -0.144. The number of hydrogen-bond acceptors (Lipinski definition) is 6. The molecule has 0 spiro atoms. The Kier molecular flexibility index (Phi) is 13.8. The van der Waals surface area contributed by atoms with Crippen molar-refractivity contribution in [2.45, 2.75) is 124 Å². The maximum atomic E-state index is 12.4. The Morgan fingerprint density at radius 3 is 2.16 bits per heavy atom. The zero-order valence-electron chi connectivity index (χ0n) is 26.7. The van der Waals surface area contributed by atoms with Crippen molar-refractivity contribution in [3.05, 3.63) is 34.5 Å². The average molecular weight is 616 g/mol. The third-order valence-corrected chi connectivity index (χ3v) is 7.88. The maximum Gasteiger partial charge on any atom is 0.411 e. The number of hydrogen-bond donors (Lipinski definition) is 2. The molecule has 3 aromatic rings. The minimum Gasteiger partial charge on any atom is -0.466 e. The van der Waals surface area contributed by atoms with E-state index >= 15 is 0 Å². The molecule has 0 aliphatic rings. The van der Waals surface area contributed by atoms with Gasteiger partial charge in [0.15, 0.2) is 11.5 Å². The number of ether oxygens (including phenoxy) is 2. The van der Waals surface area contributed by atoms with Crippen LogP contribution in [0.3, 0.4) is 0 Å². The molecule has 2 aromatic heterocycles. The summed E-state index contributed by atoms with van der Waals surface area (Å²) in [6, 6.07) is 5.54.